The average molecular weight is 304 g/mol. The lowest BCUT2D eigenvalue weighted by Gasteiger charge is -2.23. The highest BCUT2D eigenvalue weighted by Crippen LogP contribution is 2.39. The Morgan fingerprint density at radius 2 is 1.91 bits per heavy atom. The van der Waals surface area contributed by atoms with Gasteiger partial charge < -0.3 is 19.3 Å². The smallest absolute Gasteiger partial charge is 0.190 e. The van der Waals surface area contributed by atoms with Crippen molar-refractivity contribution >= 4 is 5.57 Å². The molecule has 2 fully saturated rings. The van der Waals surface area contributed by atoms with Crippen LogP contribution in [0.2, 0.25) is 0 Å². The summed E-state index contributed by atoms with van der Waals surface area (Å²) < 4.78 is 17.2. The molecule has 2 saturated heterocycles. The van der Waals surface area contributed by atoms with Gasteiger partial charge in [0.25, 0.3) is 0 Å². The van der Waals surface area contributed by atoms with E-state index in [1.165, 1.54) is 5.56 Å². The maximum absolute atomic E-state index is 10.4. The molecule has 0 bridgehead atoms. The third-order valence-electron chi connectivity index (χ3n) is 4.30. The summed E-state index contributed by atoms with van der Waals surface area (Å²) in [5.41, 5.74) is 3.41. The maximum Gasteiger partial charge on any atom is 0.190 e. The first-order chi connectivity index (χ1) is 10.4. The SMILES string of the molecule is C=C(CC[C@H]1O[C@@H]2OC(C)(C)O[C@@H]2[C@H]1O)c1ccc(C)cc1. The molecule has 22 heavy (non-hydrogen) atoms. The fraction of sp³-hybridized carbons (Fsp3) is 0.556. The Kier molecular flexibility index (Phi) is 4.12. The molecule has 2 heterocycles. The number of hydrogen-bond acceptors (Lipinski definition) is 4. The van der Waals surface area contributed by atoms with Gasteiger partial charge in [-0.2, -0.15) is 0 Å². The van der Waals surface area contributed by atoms with E-state index in [4.69, 9.17) is 14.2 Å². The van der Waals surface area contributed by atoms with Crippen molar-refractivity contribution in [2.75, 3.05) is 0 Å². The van der Waals surface area contributed by atoms with Crippen molar-refractivity contribution in [3.8, 4) is 0 Å². The van der Waals surface area contributed by atoms with Crippen LogP contribution in [0, 0.1) is 6.92 Å². The molecule has 1 aromatic carbocycles. The van der Waals surface area contributed by atoms with E-state index in [-0.39, 0.29) is 6.10 Å². The second kappa shape index (κ2) is 5.78. The summed E-state index contributed by atoms with van der Waals surface area (Å²) in [6, 6.07) is 8.31. The molecule has 0 saturated carbocycles. The molecular formula is C18H24O4. The van der Waals surface area contributed by atoms with Crippen molar-refractivity contribution in [1.29, 1.82) is 0 Å². The molecule has 4 heteroatoms. The summed E-state index contributed by atoms with van der Waals surface area (Å²) in [6.07, 6.45) is -0.317. The Morgan fingerprint density at radius 3 is 2.55 bits per heavy atom. The van der Waals surface area contributed by atoms with E-state index >= 15 is 0 Å². The van der Waals surface area contributed by atoms with Crippen molar-refractivity contribution in [2.45, 2.75) is 64.0 Å². The van der Waals surface area contributed by atoms with Crippen molar-refractivity contribution in [3.05, 3.63) is 42.0 Å². The van der Waals surface area contributed by atoms with Crippen molar-refractivity contribution in [3.63, 3.8) is 0 Å². The molecule has 0 amide bonds. The summed E-state index contributed by atoms with van der Waals surface area (Å²) >= 11 is 0. The largest absolute Gasteiger partial charge is 0.387 e. The number of fused-ring (bicyclic) bond motifs is 1. The first-order valence-corrected chi connectivity index (χ1v) is 7.80. The second-order valence-electron chi connectivity index (χ2n) is 6.64. The molecule has 0 radical (unpaired) electrons. The summed E-state index contributed by atoms with van der Waals surface area (Å²) in [5.74, 6) is -0.688. The molecule has 4 atom stereocenters. The molecule has 0 spiro atoms. The number of allylic oxidation sites excluding steroid dienone is 1. The number of aliphatic hydroxyl groups excluding tert-OH is 1. The van der Waals surface area contributed by atoms with Crippen LogP contribution in [-0.2, 0) is 14.2 Å². The first kappa shape index (κ1) is 15.7. The molecule has 0 aromatic heterocycles. The quantitative estimate of drug-likeness (QED) is 0.929. The van der Waals surface area contributed by atoms with E-state index in [0.29, 0.717) is 6.42 Å². The minimum absolute atomic E-state index is 0.270. The minimum atomic E-state index is -0.688. The molecule has 3 rings (SSSR count). The second-order valence-corrected chi connectivity index (χ2v) is 6.64. The van der Waals surface area contributed by atoms with Gasteiger partial charge >= 0.3 is 0 Å². The van der Waals surface area contributed by atoms with E-state index in [9.17, 15) is 5.11 Å². The average Bonchev–Trinajstić information content (AvgIpc) is 2.91. The van der Waals surface area contributed by atoms with Gasteiger partial charge in [0.15, 0.2) is 12.1 Å². The van der Waals surface area contributed by atoms with Crippen LogP contribution in [0.5, 0.6) is 0 Å². The van der Waals surface area contributed by atoms with Gasteiger partial charge in [-0.3, -0.25) is 0 Å². The number of rotatable bonds is 4. The summed E-state index contributed by atoms with van der Waals surface area (Å²) in [7, 11) is 0. The van der Waals surface area contributed by atoms with Gasteiger partial charge in [-0.05, 0) is 44.7 Å². The topological polar surface area (TPSA) is 47.9 Å². The number of hydrogen-bond donors (Lipinski definition) is 1. The normalized spacial score (nSPS) is 32.9. The molecule has 0 unspecified atom stereocenters. The van der Waals surface area contributed by atoms with E-state index in [1.807, 2.05) is 13.8 Å². The third kappa shape index (κ3) is 3.10. The fourth-order valence-electron chi connectivity index (χ4n) is 3.05. The van der Waals surface area contributed by atoms with Gasteiger partial charge in [0.1, 0.15) is 12.2 Å². The summed E-state index contributed by atoms with van der Waals surface area (Å²) in [6.45, 7) is 9.86. The van der Waals surface area contributed by atoms with Gasteiger partial charge in [0.2, 0.25) is 0 Å². The summed E-state index contributed by atoms with van der Waals surface area (Å²) in [4.78, 5) is 0. The molecule has 2 aliphatic heterocycles. The fourth-order valence-corrected chi connectivity index (χ4v) is 3.05. The Balaban J connectivity index is 1.55. The van der Waals surface area contributed by atoms with Crippen LogP contribution in [0.4, 0.5) is 0 Å². The van der Waals surface area contributed by atoms with Crippen LogP contribution in [0.15, 0.2) is 30.8 Å². The third-order valence-corrected chi connectivity index (χ3v) is 4.30. The zero-order chi connectivity index (χ0) is 15.9. The minimum Gasteiger partial charge on any atom is -0.387 e. The Labute approximate surface area is 131 Å². The summed E-state index contributed by atoms with van der Waals surface area (Å²) in [5, 5.41) is 10.4. The standard InChI is InChI=1S/C18H24O4/c1-11-5-8-13(9-6-11)12(2)7-10-14-15(19)16-17(20-14)22-18(3,4)21-16/h5-6,8-9,14-17,19H,2,7,10H2,1,3-4H3/t14-,15+,16-,17-/m1/s1. The van der Waals surface area contributed by atoms with Gasteiger partial charge in [0.05, 0.1) is 6.10 Å². The van der Waals surface area contributed by atoms with Crippen LogP contribution in [0.3, 0.4) is 0 Å². The number of aryl methyl sites for hydroxylation is 1. The Bertz CT molecular complexity index is 549. The van der Waals surface area contributed by atoms with Crippen molar-refractivity contribution < 1.29 is 19.3 Å². The highest BCUT2D eigenvalue weighted by atomic mass is 16.8. The zero-order valence-electron chi connectivity index (χ0n) is 13.4. The molecule has 120 valence electrons. The number of ether oxygens (including phenoxy) is 3. The van der Waals surface area contributed by atoms with Crippen LogP contribution in [-0.4, -0.2) is 35.5 Å². The van der Waals surface area contributed by atoms with Gasteiger partial charge in [0, 0.05) is 0 Å². The monoisotopic (exact) mass is 304 g/mol. The molecule has 0 aliphatic carbocycles. The van der Waals surface area contributed by atoms with Crippen molar-refractivity contribution in [2.24, 2.45) is 0 Å². The zero-order valence-corrected chi connectivity index (χ0v) is 13.4. The molecule has 1 N–H and O–H groups in total. The lowest BCUT2D eigenvalue weighted by atomic mass is 9.98. The van der Waals surface area contributed by atoms with E-state index in [1.54, 1.807) is 0 Å². The highest BCUT2D eigenvalue weighted by Gasteiger charge is 2.53. The highest BCUT2D eigenvalue weighted by molar-refractivity contribution is 5.63. The van der Waals surface area contributed by atoms with Gasteiger partial charge in [-0.1, -0.05) is 36.4 Å². The number of aliphatic hydroxyl groups is 1. The van der Waals surface area contributed by atoms with Gasteiger partial charge in [-0.25, -0.2) is 0 Å². The van der Waals surface area contributed by atoms with E-state index < -0.39 is 24.3 Å². The predicted molar refractivity (Wildman–Crippen MR) is 84.2 cm³/mol. The molecule has 2 aliphatic rings. The predicted octanol–water partition coefficient (Wildman–Crippen LogP) is 3.03. The maximum atomic E-state index is 10.4. The van der Waals surface area contributed by atoms with Crippen LogP contribution >= 0.6 is 0 Å². The first-order valence-electron chi connectivity index (χ1n) is 7.80. The van der Waals surface area contributed by atoms with Gasteiger partial charge in [-0.15, -0.1) is 0 Å². The van der Waals surface area contributed by atoms with Crippen LogP contribution in [0.1, 0.15) is 37.8 Å². The van der Waals surface area contributed by atoms with E-state index in [0.717, 1.165) is 17.6 Å². The lowest BCUT2D eigenvalue weighted by Crippen LogP contribution is -2.34. The Morgan fingerprint density at radius 1 is 1.23 bits per heavy atom. The Hall–Kier alpha value is -1.20. The number of benzene rings is 1. The molecule has 4 nitrogen and oxygen atoms in total. The lowest BCUT2D eigenvalue weighted by molar-refractivity contribution is -0.215. The molecular weight excluding hydrogens is 280 g/mol. The van der Waals surface area contributed by atoms with Crippen LogP contribution < -0.4 is 0 Å². The van der Waals surface area contributed by atoms with Crippen molar-refractivity contribution in [1.82, 2.24) is 0 Å². The molecule has 1 aromatic rings. The van der Waals surface area contributed by atoms with Crippen LogP contribution in [0.25, 0.3) is 5.57 Å². The van der Waals surface area contributed by atoms with E-state index in [2.05, 4.69) is 37.8 Å².